The van der Waals surface area contributed by atoms with Crippen LogP contribution in [0.1, 0.15) is 51.9 Å². The highest BCUT2D eigenvalue weighted by Crippen LogP contribution is 2.27. The molecule has 4 heteroatoms. The van der Waals surface area contributed by atoms with Crippen molar-refractivity contribution in [1.82, 2.24) is 5.32 Å². The van der Waals surface area contributed by atoms with Gasteiger partial charge < -0.3 is 11.1 Å². The summed E-state index contributed by atoms with van der Waals surface area (Å²) in [5, 5.41) is 3.01. The molecule has 1 amide bonds. The molecular weight excluding hydrogens is 220 g/mol. The molecule has 0 unspecified atom stereocenters. The Kier molecular flexibility index (Phi) is 5.74. The zero-order valence-corrected chi connectivity index (χ0v) is 10.8. The largest absolute Gasteiger partial charge is 0.393 e. The molecule has 0 aromatic carbocycles. The SMILES string of the molecule is CCCC1CCC(NC(=O)CC(N)=S)CC1. The summed E-state index contributed by atoms with van der Waals surface area (Å²) in [4.78, 5) is 11.7. The van der Waals surface area contributed by atoms with Crippen LogP contribution in [0.3, 0.4) is 0 Å². The molecule has 1 fully saturated rings. The maximum atomic E-state index is 11.5. The molecule has 3 nitrogen and oxygen atoms in total. The number of amides is 1. The third kappa shape index (κ3) is 4.92. The summed E-state index contributed by atoms with van der Waals surface area (Å²) in [5.41, 5.74) is 5.33. The van der Waals surface area contributed by atoms with Crippen LogP contribution in [0, 0.1) is 5.92 Å². The monoisotopic (exact) mass is 242 g/mol. The van der Waals surface area contributed by atoms with Gasteiger partial charge in [-0.15, -0.1) is 0 Å². The van der Waals surface area contributed by atoms with Gasteiger partial charge in [0.25, 0.3) is 0 Å². The van der Waals surface area contributed by atoms with E-state index in [1.807, 2.05) is 0 Å². The van der Waals surface area contributed by atoms with Crippen LogP contribution in [0.5, 0.6) is 0 Å². The molecular formula is C12H22N2OS. The summed E-state index contributed by atoms with van der Waals surface area (Å²) < 4.78 is 0. The molecule has 0 aliphatic heterocycles. The van der Waals surface area contributed by atoms with E-state index in [0.717, 1.165) is 18.8 Å². The van der Waals surface area contributed by atoms with Gasteiger partial charge in [-0.1, -0.05) is 32.0 Å². The van der Waals surface area contributed by atoms with Crippen LogP contribution < -0.4 is 11.1 Å². The lowest BCUT2D eigenvalue weighted by Crippen LogP contribution is -2.39. The number of thiocarbonyl (C=S) groups is 1. The fourth-order valence-corrected chi connectivity index (χ4v) is 2.57. The van der Waals surface area contributed by atoms with Gasteiger partial charge in [-0.25, -0.2) is 0 Å². The third-order valence-electron chi connectivity index (χ3n) is 3.24. The summed E-state index contributed by atoms with van der Waals surface area (Å²) in [6.45, 7) is 2.23. The molecule has 0 saturated heterocycles. The minimum atomic E-state index is -0.0218. The van der Waals surface area contributed by atoms with E-state index in [-0.39, 0.29) is 17.3 Å². The maximum Gasteiger partial charge on any atom is 0.227 e. The predicted octanol–water partition coefficient (Wildman–Crippen LogP) is 2.14. The Balaban J connectivity index is 2.21. The smallest absolute Gasteiger partial charge is 0.227 e. The minimum absolute atomic E-state index is 0.0218. The molecule has 0 heterocycles. The van der Waals surface area contributed by atoms with Gasteiger partial charge in [0, 0.05) is 6.04 Å². The maximum absolute atomic E-state index is 11.5. The lowest BCUT2D eigenvalue weighted by Gasteiger charge is -2.28. The highest BCUT2D eigenvalue weighted by atomic mass is 32.1. The first-order valence-corrected chi connectivity index (χ1v) is 6.60. The Labute approximate surface area is 103 Å². The van der Waals surface area contributed by atoms with Crippen LogP contribution in [0.25, 0.3) is 0 Å². The number of hydrogen-bond donors (Lipinski definition) is 2. The highest BCUT2D eigenvalue weighted by Gasteiger charge is 2.21. The lowest BCUT2D eigenvalue weighted by molar-refractivity contribution is -0.120. The van der Waals surface area contributed by atoms with Crippen molar-refractivity contribution < 1.29 is 4.79 Å². The predicted molar refractivity (Wildman–Crippen MR) is 70.2 cm³/mol. The standard InChI is InChI=1S/C12H22N2OS/c1-2-3-9-4-6-10(7-5-9)14-12(15)8-11(13)16/h9-10H,2-8H2,1H3,(H2,13,16)(H,14,15). The molecule has 1 saturated carbocycles. The second-order valence-corrected chi connectivity index (χ2v) is 5.24. The zero-order valence-electron chi connectivity index (χ0n) is 10.00. The zero-order chi connectivity index (χ0) is 12.0. The molecule has 0 radical (unpaired) electrons. The second-order valence-electron chi connectivity index (χ2n) is 4.72. The van der Waals surface area contributed by atoms with Crippen molar-refractivity contribution in [2.75, 3.05) is 0 Å². The molecule has 1 aliphatic rings. The number of hydrogen-bond acceptors (Lipinski definition) is 2. The van der Waals surface area contributed by atoms with E-state index >= 15 is 0 Å². The van der Waals surface area contributed by atoms with Gasteiger partial charge in [0.2, 0.25) is 5.91 Å². The fourth-order valence-electron chi connectivity index (χ4n) is 2.44. The van der Waals surface area contributed by atoms with Gasteiger partial charge in [0.05, 0.1) is 11.4 Å². The van der Waals surface area contributed by atoms with Crippen LogP contribution in [-0.4, -0.2) is 16.9 Å². The highest BCUT2D eigenvalue weighted by molar-refractivity contribution is 7.80. The Morgan fingerprint density at radius 2 is 2.00 bits per heavy atom. The topological polar surface area (TPSA) is 55.1 Å². The van der Waals surface area contributed by atoms with Crippen molar-refractivity contribution >= 4 is 23.1 Å². The Hall–Kier alpha value is -0.640. The number of nitrogens with one attached hydrogen (secondary N) is 1. The first-order chi connectivity index (χ1) is 7.61. The molecule has 16 heavy (non-hydrogen) atoms. The molecule has 0 atom stereocenters. The molecule has 0 bridgehead atoms. The molecule has 0 spiro atoms. The van der Waals surface area contributed by atoms with Gasteiger partial charge in [0.15, 0.2) is 0 Å². The fraction of sp³-hybridized carbons (Fsp3) is 0.833. The van der Waals surface area contributed by atoms with E-state index in [0.29, 0.717) is 6.04 Å². The van der Waals surface area contributed by atoms with E-state index in [9.17, 15) is 4.79 Å². The molecule has 92 valence electrons. The quantitative estimate of drug-likeness (QED) is 0.726. The summed E-state index contributed by atoms with van der Waals surface area (Å²) in [7, 11) is 0. The molecule has 3 N–H and O–H groups in total. The van der Waals surface area contributed by atoms with Crippen molar-refractivity contribution in [1.29, 1.82) is 0 Å². The van der Waals surface area contributed by atoms with Crippen LogP contribution >= 0.6 is 12.2 Å². The van der Waals surface area contributed by atoms with Gasteiger partial charge in [-0.05, 0) is 31.6 Å². The first-order valence-electron chi connectivity index (χ1n) is 6.19. The minimum Gasteiger partial charge on any atom is -0.393 e. The second kappa shape index (κ2) is 6.84. The van der Waals surface area contributed by atoms with Crippen molar-refractivity contribution in [3.05, 3.63) is 0 Å². The summed E-state index contributed by atoms with van der Waals surface area (Å²) >= 11 is 4.71. The summed E-state index contributed by atoms with van der Waals surface area (Å²) in [6, 6.07) is 0.343. The third-order valence-corrected chi connectivity index (χ3v) is 3.39. The van der Waals surface area contributed by atoms with E-state index in [2.05, 4.69) is 12.2 Å². The van der Waals surface area contributed by atoms with Crippen LogP contribution in [0.15, 0.2) is 0 Å². The number of carbonyl (C=O) groups is 1. The van der Waals surface area contributed by atoms with E-state index in [4.69, 9.17) is 18.0 Å². The van der Waals surface area contributed by atoms with Crippen molar-refractivity contribution in [3.8, 4) is 0 Å². The number of nitrogens with two attached hydrogens (primary N) is 1. The van der Waals surface area contributed by atoms with Crippen molar-refractivity contribution in [3.63, 3.8) is 0 Å². The average molecular weight is 242 g/mol. The first kappa shape index (κ1) is 13.4. The Bertz CT molecular complexity index is 247. The van der Waals surface area contributed by atoms with Crippen molar-refractivity contribution in [2.24, 2.45) is 11.7 Å². The Morgan fingerprint density at radius 3 is 2.50 bits per heavy atom. The van der Waals surface area contributed by atoms with Crippen LogP contribution in [0.4, 0.5) is 0 Å². The Morgan fingerprint density at radius 1 is 1.38 bits per heavy atom. The summed E-state index contributed by atoms with van der Waals surface area (Å²) in [5.74, 6) is 0.847. The van der Waals surface area contributed by atoms with Gasteiger partial charge in [-0.2, -0.15) is 0 Å². The molecule has 1 aliphatic carbocycles. The van der Waals surface area contributed by atoms with Crippen molar-refractivity contribution in [2.45, 2.75) is 57.9 Å². The number of rotatable bonds is 5. The molecule has 1 rings (SSSR count). The van der Waals surface area contributed by atoms with E-state index < -0.39 is 0 Å². The normalized spacial score (nSPS) is 25.1. The van der Waals surface area contributed by atoms with Crippen LogP contribution in [-0.2, 0) is 4.79 Å². The van der Waals surface area contributed by atoms with Gasteiger partial charge in [0.1, 0.15) is 0 Å². The average Bonchev–Trinajstić information content (AvgIpc) is 2.20. The van der Waals surface area contributed by atoms with E-state index in [1.54, 1.807) is 0 Å². The van der Waals surface area contributed by atoms with Gasteiger partial charge >= 0.3 is 0 Å². The van der Waals surface area contributed by atoms with Crippen LogP contribution in [0.2, 0.25) is 0 Å². The lowest BCUT2D eigenvalue weighted by atomic mass is 9.83. The molecule has 0 aromatic heterocycles. The molecule has 0 aromatic rings. The number of carbonyl (C=O) groups excluding carboxylic acids is 1. The van der Waals surface area contributed by atoms with E-state index in [1.165, 1.54) is 25.7 Å². The van der Waals surface area contributed by atoms with Gasteiger partial charge in [-0.3, -0.25) is 4.79 Å². The summed E-state index contributed by atoms with van der Waals surface area (Å²) in [6.07, 6.45) is 7.47.